The van der Waals surface area contributed by atoms with Crippen LogP contribution in [0.2, 0.25) is 0 Å². The maximum Gasteiger partial charge on any atom is 0.316 e. The summed E-state index contributed by atoms with van der Waals surface area (Å²) in [5.41, 5.74) is 2.28. The first-order valence-corrected chi connectivity index (χ1v) is 7.20. The lowest BCUT2D eigenvalue weighted by molar-refractivity contribution is -0.136. The average Bonchev–Trinajstić information content (AvgIpc) is 2.72. The van der Waals surface area contributed by atoms with E-state index in [9.17, 15) is 4.79 Å². The molecule has 17 heavy (non-hydrogen) atoms. The number of fused-ring (bicyclic) bond motifs is 1. The fourth-order valence-corrected chi connectivity index (χ4v) is 3.08. The Morgan fingerprint density at radius 2 is 2.41 bits per heavy atom. The van der Waals surface area contributed by atoms with E-state index in [0.29, 0.717) is 5.75 Å². The quantitative estimate of drug-likeness (QED) is 0.927. The maximum atomic E-state index is 10.8. The number of carboxylic acid groups (broad SMARTS) is 1. The zero-order valence-corrected chi connectivity index (χ0v) is 11.8. The first kappa shape index (κ1) is 12.8. The van der Waals surface area contributed by atoms with Gasteiger partial charge in [-0.3, -0.25) is 4.79 Å². The zero-order valence-electron chi connectivity index (χ0n) is 9.40. The van der Waals surface area contributed by atoms with Gasteiger partial charge in [0.15, 0.2) is 0 Å². The molecule has 1 heterocycles. The van der Waals surface area contributed by atoms with Crippen molar-refractivity contribution in [1.82, 2.24) is 0 Å². The van der Waals surface area contributed by atoms with Crippen molar-refractivity contribution in [3.8, 4) is 5.75 Å². The number of benzene rings is 1. The molecule has 1 N–H and O–H groups in total. The highest BCUT2D eigenvalue weighted by Crippen LogP contribution is 2.35. The molecule has 0 saturated heterocycles. The van der Waals surface area contributed by atoms with Crippen LogP contribution in [0.25, 0.3) is 0 Å². The number of ether oxygens (including phenoxy) is 1. The van der Waals surface area contributed by atoms with Crippen LogP contribution in [0.15, 0.2) is 16.6 Å². The standard InChI is InChI=1S/C12H13BrO3S/c1-7(12(14)15)17-6-9-5-10(13)4-8-2-3-16-11(8)9/h4-5,7H,2-3,6H2,1H3,(H,14,15). The van der Waals surface area contributed by atoms with Crippen molar-refractivity contribution in [1.29, 1.82) is 0 Å². The van der Waals surface area contributed by atoms with Crippen LogP contribution in [0.5, 0.6) is 5.75 Å². The van der Waals surface area contributed by atoms with Crippen LogP contribution >= 0.6 is 27.7 Å². The molecular weight excluding hydrogens is 304 g/mol. The smallest absolute Gasteiger partial charge is 0.316 e. The Labute approximate surface area is 113 Å². The minimum absolute atomic E-state index is 0.397. The Balaban J connectivity index is 2.13. The van der Waals surface area contributed by atoms with E-state index in [0.717, 1.165) is 28.8 Å². The van der Waals surface area contributed by atoms with Crippen molar-refractivity contribution in [2.45, 2.75) is 24.3 Å². The lowest BCUT2D eigenvalue weighted by Crippen LogP contribution is -2.11. The molecule has 92 valence electrons. The highest BCUT2D eigenvalue weighted by Gasteiger charge is 2.19. The molecule has 0 amide bonds. The van der Waals surface area contributed by atoms with Crippen LogP contribution in [0.3, 0.4) is 0 Å². The van der Waals surface area contributed by atoms with Gasteiger partial charge in [-0.2, -0.15) is 0 Å². The second kappa shape index (κ2) is 5.31. The molecule has 0 fully saturated rings. The molecular formula is C12H13BrO3S. The molecule has 1 atom stereocenters. The minimum Gasteiger partial charge on any atom is -0.493 e. The van der Waals surface area contributed by atoms with Crippen molar-refractivity contribution < 1.29 is 14.6 Å². The SMILES string of the molecule is CC(SCc1cc(Br)cc2c1OCC2)C(=O)O. The molecule has 0 aromatic heterocycles. The average molecular weight is 317 g/mol. The molecule has 1 aromatic rings. The fourth-order valence-electron chi connectivity index (χ4n) is 1.74. The topological polar surface area (TPSA) is 46.5 Å². The van der Waals surface area contributed by atoms with Crippen LogP contribution in [0.1, 0.15) is 18.1 Å². The summed E-state index contributed by atoms with van der Waals surface area (Å²) in [6.07, 6.45) is 0.931. The second-order valence-corrected chi connectivity index (χ2v) is 6.19. The zero-order chi connectivity index (χ0) is 12.4. The summed E-state index contributed by atoms with van der Waals surface area (Å²) in [6.45, 7) is 2.42. The monoisotopic (exact) mass is 316 g/mol. The van der Waals surface area contributed by atoms with Gasteiger partial charge in [0.05, 0.1) is 11.9 Å². The highest BCUT2D eigenvalue weighted by atomic mass is 79.9. The Morgan fingerprint density at radius 1 is 1.65 bits per heavy atom. The van der Waals surface area contributed by atoms with Crippen LogP contribution < -0.4 is 4.74 Å². The number of thioether (sulfide) groups is 1. The Hall–Kier alpha value is -0.680. The molecule has 5 heteroatoms. The molecule has 1 aliphatic heterocycles. The van der Waals surface area contributed by atoms with E-state index in [1.165, 1.54) is 17.3 Å². The molecule has 1 aromatic carbocycles. The Kier molecular flexibility index (Phi) is 3.99. The van der Waals surface area contributed by atoms with Gasteiger partial charge in [-0.15, -0.1) is 11.8 Å². The minimum atomic E-state index is -0.775. The number of rotatable bonds is 4. The molecule has 0 radical (unpaired) electrons. The predicted octanol–water partition coefficient (Wildman–Crippen LogP) is 3.09. The summed E-state index contributed by atoms with van der Waals surface area (Å²) in [5.74, 6) is 0.829. The van der Waals surface area contributed by atoms with E-state index in [-0.39, 0.29) is 0 Å². The summed E-state index contributed by atoms with van der Waals surface area (Å²) < 4.78 is 6.62. The fraction of sp³-hybridized carbons (Fsp3) is 0.417. The van der Waals surface area contributed by atoms with Crippen molar-refractivity contribution in [2.24, 2.45) is 0 Å². The van der Waals surface area contributed by atoms with Gasteiger partial charge in [0.25, 0.3) is 0 Å². The van der Waals surface area contributed by atoms with Crippen molar-refractivity contribution >= 4 is 33.7 Å². The molecule has 0 bridgehead atoms. The number of carbonyl (C=O) groups is 1. The molecule has 0 spiro atoms. The summed E-state index contributed by atoms with van der Waals surface area (Å²) in [4.78, 5) is 10.8. The van der Waals surface area contributed by atoms with Crippen LogP contribution in [-0.2, 0) is 17.0 Å². The molecule has 1 unspecified atom stereocenters. The van der Waals surface area contributed by atoms with Crippen molar-refractivity contribution in [2.75, 3.05) is 6.61 Å². The number of halogens is 1. The van der Waals surface area contributed by atoms with Gasteiger partial charge in [-0.05, 0) is 24.6 Å². The first-order valence-electron chi connectivity index (χ1n) is 5.36. The van der Waals surface area contributed by atoms with Crippen LogP contribution in [0, 0.1) is 0 Å². The van der Waals surface area contributed by atoms with E-state index in [4.69, 9.17) is 9.84 Å². The number of carboxylic acids is 1. The van der Waals surface area contributed by atoms with Crippen molar-refractivity contribution in [3.63, 3.8) is 0 Å². The summed E-state index contributed by atoms with van der Waals surface area (Å²) in [7, 11) is 0. The molecule has 2 rings (SSSR count). The summed E-state index contributed by atoms with van der Waals surface area (Å²) in [5, 5.41) is 8.45. The predicted molar refractivity (Wildman–Crippen MR) is 71.7 cm³/mol. The number of aliphatic carboxylic acids is 1. The van der Waals surface area contributed by atoms with Gasteiger partial charge in [-0.25, -0.2) is 0 Å². The molecule has 0 aliphatic carbocycles. The van der Waals surface area contributed by atoms with Gasteiger partial charge in [0.2, 0.25) is 0 Å². The third-order valence-electron chi connectivity index (χ3n) is 2.66. The largest absolute Gasteiger partial charge is 0.493 e. The van der Waals surface area contributed by atoms with Gasteiger partial charge in [-0.1, -0.05) is 15.9 Å². The Bertz CT molecular complexity index is 448. The second-order valence-electron chi connectivity index (χ2n) is 3.94. The van der Waals surface area contributed by atoms with Crippen LogP contribution in [0.4, 0.5) is 0 Å². The molecule has 0 saturated carbocycles. The van der Waals surface area contributed by atoms with E-state index >= 15 is 0 Å². The van der Waals surface area contributed by atoms with Gasteiger partial charge < -0.3 is 9.84 Å². The number of hydrogen-bond acceptors (Lipinski definition) is 3. The Morgan fingerprint density at radius 3 is 3.12 bits per heavy atom. The highest BCUT2D eigenvalue weighted by molar-refractivity contribution is 9.10. The van der Waals surface area contributed by atoms with E-state index in [1.54, 1.807) is 6.92 Å². The van der Waals surface area contributed by atoms with Gasteiger partial charge in [0, 0.05) is 22.2 Å². The van der Waals surface area contributed by atoms with E-state index in [2.05, 4.69) is 22.0 Å². The van der Waals surface area contributed by atoms with Crippen LogP contribution in [-0.4, -0.2) is 22.9 Å². The summed E-state index contributed by atoms with van der Waals surface area (Å²) >= 11 is 4.88. The molecule has 1 aliphatic rings. The van der Waals surface area contributed by atoms with Gasteiger partial charge >= 0.3 is 5.97 Å². The van der Waals surface area contributed by atoms with Gasteiger partial charge in [0.1, 0.15) is 5.75 Å². The summed E-state index contributed by atoms with van der Waals surface area (Å²) in [6, 6.07) is 4.07. The van der Waals surface area contributed by atoms with Crippen molar-refractivity contribution in [3.05, 3.63) is 27.7 Å². The molecule has 3 nitrogen and oxygen atoms in total. The third-order valence-corrected chi connectivity index (χ3v) is 4.30. The van der Waals surface area contributed by atoms with E-state index < -0.39 is 11.2 Å². The lowest BCUT2D eigenvalue weighted by atomic mass is 10.1. The van der Waals surface area contributed by atoms with E-state index in [1.807, 2.05) is 6.07 Å². The number of hydrogen-bond donors (Lipinski definition) is 1. The first-order chi connectivity index (χ1) is 8.08. The maximum absolute atomic E-state index is 10.8. The lowest BCUT2D eigenvalue weighted by Gasteiger charge is -2.10. The normalized spacial score (nSPS) is 15.2. The third kappa shape index (κ3) is 2.96.